The average Bonchev–Trinajstić information content (AvgIpc) is 2.68. The van der Waals surface area contributed by atoms with Crippen molar-refractivity contribution >= 4 is 17.5 Å². The molecule has 2 amide bonds. The molecular formula is C20H21F2N3O2. The summed E-state index contributed by atoms with van der Waals surface area (Å²) in [5, 5.41) is 2.85. The number of piperidine rings is 1. The van der Waals surface area contributed by atoms with E-state index in [1.54, 1.807) is 36.4 Å². The van der Waals surface area contributed by atoms with Gasteiger partial charge in [0.25, 0.3) is 0 Å². The molecule has 1 unspecified atom stereocenters. The fourth-order valence-corrected chi connectivity index (χ4v) is 3.30. The number of rotatable bonds is 4. The number of hydrogen-bond acceptors (Lipinski definition) is 3. The molecule has 142 valence electrons. The summed E-state index contributed by atoms with van der Waals surface area (Å²) in [6.07, 6.45) is 4.29. The van der Waals surface area contributed by atoms with Crippen molar-refractivity contribution in [2.24, 2.45) is 5.92 Å². The SMILES string of the molecule is CC(C(=O)N1CCC(C(=O)Nc2ccncc2)CC1)c1ccc(F)cc1F. The van der Waals surface area contributed by atoms with E-state index in [1.807, 2.05) is 0 Å². The topological polar surface area (TPSA) is 62.3 Å². The summed E-state index contributed by atoms with van der Waals surface area (Å²) in [6, 6.07) is 6.68. The molecule has 1 saturated heterocycles. The lowest BCUT2D eigenvalue weighted by atomic mass is 9.93. The van der Waals surface area contributed by atoms with E-state index in [0.717, 1.165) is 12.1 Å². The first-order chi connectivity index (χ1) is 13.0. The number of nitrogens with zero attached hydrogens (tertiary/aromatic N) is 2. The third-order valence-electron chi connectivity index (χ3n) is 4.92. The van der Waals surface area contributed by atoms with Gasteiger partial charge in [-0.05, 0) is 38.0 Å². The predicted molar refractivity (Wildman–Crippen MR) is 96.9 cm³/mol. The molecule has 2 aromatic rings. The van der Waals surface area contributed by atoms with Gasteiger partial charge in [0.2, 0.25) is 11.8 Å². The lowest BCUT2D eigenvalue weighted by molar-refractivity contribution is -0.135. The van der Waals surface area contributed by atoms with Gasteiger partial charge in [-0.3, -0.25) is 14.6 Å². The second-order valence-corrected chi connectivity index (χ2v) is 6.71. The van der Waals surface area contributed by atoms with Crippen LogP contribution in [0.4, 0.5) is 14.5 Å². The van der Waals surface area contributed by atoms with Crippen molar-refractivity contribution in [3.05, 3.63) is 59.9 Å². The van der Waals surface area contributed by atoms with Crippen LogP contribution in [0, 0.1) is 17.6 Å². The Bertz CT molecular complexity index is 821. The summed E-state index contributed by atoms with van der Waals surface area (Å²) >= 11 is 0. The Balaban J connectivity index is 1.56. The number of anilines is 1. The highest BCUT2D eigenvalue weighted by atomic mass is 19.1. The number of pyridine rings is 1. The quantitative estimate of drug-likeness (QED) is 0.894. The van der Waals surface area contributed by atoms with Crippen LogP contribution in [0.2, 0.25) is 0 Å². The molecule has 0 bridgehead atoms. The van der Waals surface area contributed by atoms with Gasteiger partial charge in [-0.25, -0.2) is 8.78 Å². The van der Waals surface area contributed by atoms with Crippen molar-refractivity contribution in [3.8, 4) is 0 Å². The van der Waals surface area contributed by atoms with E-state index in [4.69, 9.17) is 0 Å². The van der Waals surface area contributed by atoms with Crippen molar-refractivity contribution in [3.63, 3.8) is 0 Å². The maximum atomic E-state index is 13.9. The smallest absolute Gasteiger partial charge is 0.229 e. The van der Waals surface area contributed by atoms with Crippen LogP contribution in [0.1, 0.15) is 31.2 Å². The summed E-state index contributed by atoms with van der Waals surface area (Å²) in [6.45, 7) is 2.47. The fraction of sp³-hybridized carbons (Fsp3) is 0.350. The van der Waals surface area contributed by atoms with Crippen LogP contribution in [0.5, 0.6) is 0 Å². The zero-order chi connectivity index (χ0) is 19.4. The third-order valence-corrected chi connectivity index (χ3v) is 4.92. The molecule has 0 saturated carbocycles. The molecule has 1 atom stereocenters. The molecule has 7 heteroatoms. The molecule has 3 rings (SSSR count). The molecule has 1 fully saturated rings. The van der Waals surface area contributed by atoms with E-state index in [1.165, 1.54) is 6.07 Å². The zero-order valence-electron chi connectivity index (χ0n) is 15.0. The molecular weight excluding hydrogens is 352 g/mol. The van der Waals surface area contributed by atoms with Gasteiger partial charge in [0.1, 0.15) is 11.6 Å². The third kappa shape index (κ3) is 4.48. The summed E-state index contributed by atoms with van der Waals surface area (Å²) < 4.78 is 27.0. The fourth-order valence-electron chi connectivity index (χ4n) is 3.30. The average molecular weight is 373 g/mol. The maximum absolute atomic E-state index is 13.9. The van der Waals surface area contributed by atoms with Crippen LogP contribution >= 0.6 is 0 Å². The molecule has 2 heterocycles. The minimum Gasteiger partial charge on any atom is -0.342 e. The lowest BCUT2D eigenvalue weighted by Gasteiger charge is -2.33. The Hall–Kier alpha value is -2.83. The molecule has 1 aliphatic rings. The van der Waals surface area contributed by atoms with Gasteiger partial charge < -0.3 is 10.2 Å². The van der Waals surface area contributed by atoms with Crippen LogP contribution in [0.15, 0.2) is 42.7 Å². The molecule has 5 nitrogen and oxygen atoms in total. The number of aromatic nitrogens is 1. The second-order valence-electron chi connectivity index (χ2n) is 6.71. The van der Waals surface area contributed by atoms with Crippen molar-refractivity contribution < 1.29 is 18.4 Å². The van der Waals surface area contributed by atoms with E-state index in [9.17, 15) is 18.4 Å². The Morgan fingerprint density at radius 2 is 1.81 bits per heavy atom. The largest absolute Gasteiger partial charge is 0.342 e. The molecule has 1 aliphatic heterocycles. The van der Waals surface area contributed by atoms with Crippen LogP contribution in [0.3, 0.4) is 0 Å². The van der Waals surface area contributed by atoms with E-state index in [0.29, 0.717) is 31.6 Å². The maximum Gasteiger partial charge on any atom is 0.229 e. The molecule has 1 N–H and O–H groups in total. The van der Waals surface area contributed by atoms with E-state index >= 15 is 0 Å². The first-order valence-corrected chi connectivity index (χ1v) is 8.90. The Morgan fingerprint density at radius 1 is 1.15 bits per heavy atom. The van der Waals surface area contributed by atoms with E-state index in [-0.39, 0.29) is 23.3 Å². The molecule has 27 heavy (non-hydrogen) atoms. The number of likely N-dealkylation sites (tertiary alicyclic amines) is 1. The summed E-state index contributed by atoms with van der Waals surface area (Å²) in [5.74, 6) is -2.56. The summed E-state index contributed by atoms with van der Waals surface area (Å²) in [5.41, 5.74) is 0.868. The van der Waals surface area contributed by atoms with Gasteiger partial charge in [0.15, 0.2) is 0 Å². The van der Waals surface area contributed by atoms with Gasteiger partial charge in [-0.15, -0.1) is 0 Å². The van der Waals surface area contributed by atoms with Gasteiger partial charge in [0, 0.05) is 48.7 Å². The number of carbonyl (C=O) groups is 2. The standard InChI is InChI=1S/C20H21F2N3O2/c1-13(17-3-2-15(21)12-18(17)22)20(27)25-10-6-14(7-11-25)19(26)24-16-4-8-23-9-5-16/h2-5,8-9,12-14H,6-7,10-11H2,1H3,(H,23,24,26). The van der Waals surface area contributed by atoms with Crippen LogP contribution in [-0.4, -0.2) is 34.8 Å². The van der Waals surface area contributed by atoms with Gasteiger partial charge in [0.05, 0.1) is 5.92 Å². The van der Waals surface area contributed by atoms with Gasteiger partial charge >= 0.3 is 0 Å². The number of halogens is 2. The van der Waals surface area contributed by atoms with Crippen LogP contribution < -0.4 is 5.32 Å². The van der Waals surface area contributed by atoms with Crippen molar-refractivity contribution in [1.29, 1.82) is 0 Å². The zero-order valence-corrected chi connectivity index (χ0v) is 15.0. The molecule has 0 aliphatic carbocycles. The number of hydrogen-bond donors (Lipinski definition) is 1. The molecule has 0 radical (unpaired) electrons. The number of amides is 2. The lowest BCUT2D eigenvalue weighted by Crippen LogP contribution is -2.43. The van der Waals surface area contributed by atoms with Crippen LogP contribution in [-0.2, 0) is 9.59 Å². The highest BCUT2D eigenvalue weighted by Crippen LogP contribution is 2.26. The highest BCUT2D eigenvalue weighted by molar-refractivity contribution is 5.92. The highest BCUT2D eigenvalue weighted by Gasteiger charge is 2.30. The van der Waals surface area contributed by atoms with E-state index < -0.39 is 17.6 Å². The molecule has 1 aromatic carbocycles. The Morgan fingerprint density at radius 3 is 2.44 bits per heavy atom. The van der Waals surface area contributed by atoms with Gasteiger partial charge in [-0.1, -0.05) is 6.07 Å². The minimum absolute atomic E-state index is 0.0778. The molecule has 0 spiro atoms. The van der Waals surface area contributed by atoms with Gasteiger partial charge in [-0.2, -0.15) is 0 Å². The van der Waals surface area contributed by atoms with E-state index in [2.05, 4.69) is 10.3 Å². The summed E-state index contributed by atoms with van der Waals surface area (Å²) in [7, 11) is 0. The summed E-state index contributed by atoms with van der Waals surface area (Å²) in [4.78, 5) is 30.6. The first kappa shape index (κ1) is 18.9. The Labute approximate surface area is 156 Å². The van der Waals surface area contributed by atoms with Crippen molar-refractivity contribution in [2.75, 3.05) is 18.4 Å². The monoisotopic (exact) mass is 373 g/mol. The first-order valence-electron chi connectivity index (χ1n) is 8.90. The van der Waals surface area contributed by atoms with Crippen LogP contribution in [0.25, 0.3) is 0 Å². The molecule has 1 aromatic heterocycles. The number of benzene rings is 1. The normalized spacial score (nSPS) is 16.0. The van der Waals surface area contributed by atoms with Crippen molar-refractivity contribution in [2.45, 2.75) is 25.7 Å². The second kappa shape index (κ2) is 8.24. The predicted octanol–water partition coefficient (Wildman–Crippen LogP) is 3.34. The number of nitrogens with one attached hydrogen (secondary N) is 1. The Kier molecular flexibility index (Phi) is 5.78. The number of carbonyl (C=O) groups excluding carboxylic acids is 2. The van der Waals surface area contributed by atoms with Crippen molar-refractivity contribution in [1.82, 2.24) is 9.88 Å². The minimum atomic E-state index is -0.720.